The van der Waals surface area contributed by atoms with Gasteiger partial charge < -0.3 is 42.7 Å². The fraction of sp³-hybridized carbons (Fsp3) is 0.833. The van der Waals surface area contributed by atoms with Crippen molar-refractivity contribution in [3.05, 3.63) is 0 Å². The maximum Gasteiger partial charge on any atom is 0.185 e. The second kappa shape index (κ2) is 15.2. The van der Waals surface area contributed by atoms with E-state index >= 15 is 0 Å². The van der Waals surface area contributed by atoms with E-state index in [1.54, 1.807) is 0 Å². The van der Waals surface area contributed by atoms with E-state index in [0.717, 1.165) is 6.42 Å². The molecule has 0 aliphatic carbocycles. The molecule has 0 aliphatic heterocycles. The lowest BCUT2D eigenvalue weighted by Crippen LogP contribution is -2.49. The first kappa shape index (κ1) is 29.6. The van der Waals surface area contributed by atoms with Crippen LogP contribution in [0.15, 0.2) is 4.99 Å². The lowest BCUT2D eigenvalue weighted by Gasteiger charge is -2.25. The lowest BCUT2D eigenvalue weighted by molar-refractivity contribution is -0.149. The fourth-order valence-electron chi connectivity index (χ4n) is 2.12. The molecule has 11 heteroatoms. The van der Waals surface area contributed by atoms with Crippen molar-refractivity contribution in [1.29, 1.82) is 0 Å². The Morgan fingerprint density at radius 1 is 0.897 bits per heavy atom. The second-order valence-corrected chi connectivity index (χ2v) is 7.35. The molecule has 0 aromatic carbocycles. The lowest BCUT2D eigenvalue weighted by atomic mass is 9.95. The Balaban J connectivity index is 0. The van der Waals surface area contributed by atoms with Crippen molar-refractivity contribution in [1.82, 2.24) is 0 Å². The van der Waals surface area contributed by atoms with Crippen LogP contribution in [0.4, 0.5) is 0 Å². The number of nitrogens with two attached hydrogens (primary N) is 3. The molecule has 11 N–H and O–H groups in total. The van der Waals surface area contributed by atoms with E-state index in [4.69, 9.17) is 27.4 Å². The van der Waals surface area contributed by atoms with Crippen molar-refractivity contribution in [2.45, 2.75) is 71.0 Å². The van der Waals surface area contributed by atoms with Gasteiger partial charge in [-0.3, -0.25) is 14.6 Å². The van der Waals surface area contributed by atoms with E-state index in [9.17, 15) is 24.9 Å². The van der Waals surface area contributed by atoms with Crippen LogP contribution >= 0.6 is 0 Å². The number of carbonyl (C=O) groups is 2. The van der Waals surface area contributed by atoms with E-state index in [-0.39, 0.29) is 23.7 Å². The molecule has 0 rings (SSSR count). The Bertz CT molecular complexity index is 510. The Morgan fingerprint density at radius 3 is 1.76 bits per heavy atom. The minimum absolute atomic E-state index is 0.00641. The third-order valence-corrected chi connectivity index (χ3v) is 4.02. The second-order valence-electron chi connectivity index (χ2n) is 7.35. The number of nitrogens with zero attached hydrogens (tertiary/aromatic N) is 1. The molecule has 0 saturated carbocycles. The summed E-state index contributed by atoms with van der Waals surface area (Å²) in [5.41, 5.74) is 16.0. The number of aliphatic hydroxyl groups is 5. The first-order chi connectivity index (χ1) is 13.3. The third kappa shape index (κ3) is 12.5. The van der Waals surface area contributed by atoms with Gasteiger partial charge in [0.25, 0.3) is 0 Å². The smallest absolute Gasteiger partial charge is 0.185 e. The largest absolute Gasteiger partial charge is 0.394 e. The Kier molecular flexibility index (Phi) is 15.5. The van der Waals surface area contributed by atoms with Gasteiger partial charge in [-0.1, -0.05) is 27.7 Å². The van der Waals surface area contributed by atoms with Crippen LogP contribution in [0, 0.1) is 11.8 Å². The van der Waals surface area contributed by atoms with Crippen LogP contribution in [-0.2, 0) is 9.59 Å². The number of rotatable bonds is 12. The molecule has 1 unspecified atom stereocenters. The van der Waals surface area contributed by atoms with Gasteiger partial charge in [-0.25, -0.2) is 0 Å². The van der Waals surface area contributed by atoms with E-state index in [2.05, 4.69) is 4.99 Å². The molecule has 29 heavy (non-hydrogen) atoms. The van der Waals surface area contributed by atoms with Crippen LogP contribution in [0.5, 0.6) is 0 Å². The fourth-order valence-corrected chi connectivity index (χ4v) is 2.12. The Morgan fingerprint density at radius 2 is 1.38 bits per heavy atom. The third-order valence-electron chi connectivity index (χ3n) is 4.02. The Hall–Kier alpha value is -1.63. The van der Waals surface area contributed by atoms with Crippen molar-refractivity contribution in [3.8, 4) is 0 Å². The first-order valence-electron chi connectivity index (χ1n) is 9.49. The summed E-state index contributed by atoms with van der Waals surface area (Å²) in [5.74, 6) is -0.962. The van der Waals surface area contributed by atoms with Crippen molar-refractivity contribution in [2.75, 3.05) is 13.2 Å². The summed E-state index contributed by atoms with van der Waals surface area (Å²) in [6.45, 7) is 6.53. The zero-order valence-corrected chi connectivity index (χ0v) is 17.6. The highest BCUT2D eigenvalue weighted by Crippen LogP contribution is 2.09. The molecule has 0 aliphatic rings. The zero-order chi connectivity index (χ0) is 23.3. The minimum atomic E-state index is -1.80. The molecule has 0 aromatic heterocycles. The summed E-state index contributed by atoms with van der Waals surface area (Å²) < 4.78 is 0. The van der Waals surface area contributed by atoms with Gasteiger partial charge in [0, 0.05) is 18.4 Å². The Labute approximate surface area is 171 Å². The van der Waals surface area contributed by atoms with Crippen molar-refractivity contribution < 1.29 is 35.1 Å². The molecule has 0 amide bonds. The highest BCUT2D eigenvalue weighted by molar-refractivity contribution is 5.85. The van der Waals surface area contributed by atoms with Gasteiger partial charge in [-0.15, -0.1) is 0 Å². The standard InChI is InChI=1S/C9H20N4O.C9H18O6/c1-6(2)8(14)7(10)4-3-5-13-9(11)12;1-4(2)6(12)8(14)9(15)7(13)5(11)3-10/h6-7H,3-5,10H2,1-2H3,(H4,11,12,13);4-5,7-11,13-15H,3H2,1-2H3/t;5-,7-,8+,9-/m.0/s1. The summed E-state index contributed by atoms with van der Waals surface area (Å²) in [6, 6.07) is -0.385. The van der Waals surface area contributed by atoms with Gasteiger partial charge in [0.15, 0.2) is 17.5 Å². The van der Waals surface area contributed by atoms with Crippen LogP contribution in [0.3, 0.4) is 0 Å². The average molecular weight is 423 g/mol. The minimum Gasteiger partial charge on any atom is -0.394 e. The number of hydrogen-bond donors (Lipinski definition) is 8. The maximum absolute atomic E-state index is 11.4. The molecule has 172 valence electrons. The number of carbonyl (C=O) groups excluding carboxylic acids is 2. The normalized spacial score (nSPS) is 16.3. The van der Waals surface area contributed by atoms with Gasteiger partial charge in [0.2, 0.25) is 0 Å². The molecule has 0 fully saturated rings. The summed E-state index contributed by atoms with van der Waals surface area (Å²) in [7, 11) is 0. The van der Waals surface area contributed by atoms with Crippen molar-refractivity contribution in [3.63, 3.8) is 0 Å². The molecule has 0 bridgehead atoms. The monoisotopic (exact) mass is 422 g/mol. The van der Waals surface area contributed by atoms with Gasteiger partial charge in [0.1, 0.15) is 24.4 Å². The molecular weight excluding hydrogens is 384 g/mol. The quantitative estimate of drug-likeness (QED) is 0.0917. The van der Waals surface area contributed by atoms with E-state index in [1.807, 2.05) is 13.8 Å². The summed E-state index contributed by atoms with van der Waals surface area (Å²) in [4.78, 5) is 26.4. The van der Waals surface area contributed by atoms with Crippen LogP contribution in [0.2, 0.25) is 0 Å². The van der Waals surface area contributed by atoms with E-state index in [1.165, 1.54) is 13.8 Å². The van der Waals surface area contributed by atoms with E-state index in [0.29, 0.717) is 13.0 Å². The molecule has 11 nitrogen and oxygen atoms in total. The molecule has 0 saturated heterocycles. The maximum atomic E-state index is 11.4. The van der Waals surface area contributed by atoms with Crippen LogP contribution < -0.4 is 17.2 Å². The zero-order valence-electron chi connectivity index (χ0n) is 17.6. The molecule has 0 aromatic rings. The molecule has 0 heterocycles. The molecule has 5 atom stereocenters. The number of aliphatic hydroxyl groups excluding tert-OH is 5. The summed E-state index contributed by atoms with van der Waals surface area (Å²) in [5, 5.41) is 45.3. The summed E-state index contributed by atoms with van der Waals surface area (Å²) in [6.07, 6.45) is -5.55. The molecular formula is C18H38N4O7. The SMILES string of the molecule is CC(C)C(=O)C(N)CCCN=C(N)N.CC(C)C(=O)[C@@H](O)[C@@H](O)[C@@H](O)[C@@H](O)CO. The number of ketones is 2. The van der Waals surface area contributed by atoms with Gasteiger partial charge >= 0.3 is 0 Å². The topological polar surface area (TPSA) is 226 Å². The number of Topliss-reactive ketones (excluding diaryl/α,β-unsaturated/α-hetero) is 2. The van der Waals surface area contributed by atoms with Gasteiger partial charge in [-0.2, -0.15) is 0 Å². The average Bonchev–Trinajstić information content (AvgIpc) is 2.67. The predicted molar refractivity (Wildman–Crippen MR) is 109 cm³/mol. The number of aliphatic imine (C=N–C) groups is 1. The van der Waals surface area contributed by atoms with Crippen LogP contribution in [0.25, 0.3) is 0 Å². The number of guanidine groups is 1. The van der Waals surface area contributed by atoms with Gasteiger partial charge in [-0.05, 0) is 12.8 Å². The molecule has 0 radical (unpaired) electrons. The highest BCUT2D eigenvalue weighted by atomic mass is 16.4. The van der Waals surface area contributed by atoms with E-state index < -0.39 is 42.7 Å². The van der Waals surface area contributed by atoms with Crippen molar-refractivity contribution in [2.24, 2.45) is 34.0 Å². The van der Waals surface area contributed by atoms with Crippen LogP contribution in [0.1, 0.15) is 40.5 Å². The molecule has 0 spiro atoms. The van der Waals surface area contributed by atoms with Crippen LogP contribution in [-0.4, -0.2) is 86.7 Å². The van der Waals surface area contributed by atoms with Gasteiger partial charge in [0.05, 0.1) is 12.6 Å². The predicted octanol–water partition coefficient (Wildman–Crippen LogP) is -2.76. The highest BCUT2D eigenvalue weighted by Gasteiger charge is 2.34. The summed E-state index contributed by atoms with van der Waals surface area (Å²) >= 11 is 0. The number of hydrogen-bond acceptors (Lipinski definition) is 9. The van der Waals surface area contributed by atoms with Crippen molar-refractivity contribution >= 4 is 17.5 Å². The first-order valence-corrected chi connectivity index (χ1v) is 9.49.